The summed E-state index contributed by atoms with van der Waals surface area (Å²) < 4.78 is 29.1. The number of carbonyl (C=O) groups excluding carboxylic acids is 2. The highest BCUT2D eigenvalue weighted by atomic mass is 79.9. The van der Waals surface area contributed by atoms with Crippen LogP contribution in [0.25, 0.3) is 0 Å². The molecule has 4 fully saturated rings. The highest BCUT2D eigenvalue weighted by Gasteiger charge is 2.71. The molecular weight excluding hydrogens is 468 g/mol. The largest absolute Gasteiger partial charge is 0.352 e. The summed E-state index contributed by atoms with van der Waals surface area (Å²) in [4.78, 5) is 26.6. The van der Waals surface area contributed by atoms with Crippen molar-refractivity contribution in [2.75, 3.05) is 13.1 Å². The van der Waals surface area contributed by atoms with Gasteiger partial charge in [0.15, 0.2) is 0 Å². The Morgan fingerprint density at radius 3 is 2.48 bits per heavy atom. The van der Waals surface area contributed by atoms with E-state index >= 15 is 0 Å². The monoisotopic (exact) mass is 495 g/mol. The van der Waals surface area contributed by atoms with Gasteiger partial charge < -0.3 is 16.0 Å². The minimum atomic E-state index is -1.11. The van der Waals surface area contributed by atoms with Crippen molar-refractivity contribution in [2.45, 2.75) is 50.9 Å². The minimum absolute atomic E-state index is 0.0913. The Morgan fingerprint density at radius 2 is 1.84 bits per heavy atom. The van der Waals surface area contributed by atoms with Crippen molar-refractivity contribution in [3.63, 3.8) is 0 Å². The summed E-state index contributed by atoms with van der Waals surface area (Å²) in [5.41, 5.74) is 0.521. The van der Waals surface area contributed by atoms with Crippen LogP contribution in [0.2, 0.25) is 0 Å². The first-order valence-corrected chi connectivity index (χ1v) is 12.1. The minimum Gasteiger partial charge on any atom is -0.352 e. The number of hydrogen-bond donors (Lipinski definition) is 3. The Morgan fingerprint density at radius 1 is 1.13 bits per heavy atom. The van der Waals surface area contributed by atoms with Crippen LogP contribution < -0.4 is 16.0 Å². The normalized spacial score (nSPS) is 35.2. The number of hydrogen-bond acceptors (Lipinski definition) is 3. The molecule has 8 heteroatoms. The van der Waals surface area contributed by atoms with E-state index in [0.29, 0.717) is 23.0 Å². The number of nitrogens with one attached hydrogen (secondary N) is 3. The molecule has 3 N–H and O–H groups in total. The van der Waals surface area contributed by atoms with E-state index < -0.39 is 24.0 Å². The van der Waals surface area contributed by atoms with Gasteiger partial charge in [-0.05, 0) is 68.0 Å². The first-order valence-electron chi connectivity index (χ1n) is 11.3. The second-order valence-electron chi connectivity index (χ2n) is 9.65. The number of rotatable bonds is 5. The molecule has 3 saturated carbocycles. The first kappa shape index (κ1) is 21.3. The fourth-order valence-electron chi connectivity index (χ4n) is 6.59. The maximum atomic E-state index is 14.3. The van der Waals surface area contributed by atoms with E-state index in [-0.39, 0.29) is 48.0 Å². The number of alkyl halides is 1. The predicted molar refractivity (Wildman–Crippen MR) is 115 cm³/mol. The molecule has 3 aliphatic carbocycles. The molecule has 31 heavy (non-hydrogen) atoms. The van der Waals surface area contributed by atoms with E-state index in [0.717, 1.165) is 25.7 Å². The molecule has 1 spiro atoms. The number of carbonyl (C=O) groups is 2. The molecule has 1 aromatic rings. The van der Waals surface area contributed by atoms with Crippen molar-refractivity contribution in [1.29, 1.82) is 0 Å². The van der Waals surface area contributed by atoms with E-state index in [4.69, 9.17) is 0 Å². The molecule has 1 aliphatic heterocycles. The topological polar surface area (TPSA) is 70.2 Å². The van der Waals surface area contributed by atoms with Gasteiger partial charge in [0.25, 0.3) is 0 Å². The van der Waals surface area contributed by atoms with Gasteiger partial charge in [0.2, 0.25) is 11.8 Å². The molecule has 4 aliphatic rings. The lowest BCUT2D eigenvalue weighted by Gasteiger charge is -2.33. The number of piperidine rings is 1. The Balaban J connectivity index is 1.32. The van der Waals surface area contributed by atoms with Crippen LogP contribution in [0.3, 0.4) is 0 Å². The van der Waals surface area contributed by atoms with Crippen LogP contribution >= 0.6 is 15.9 Å². The summed E-state index contributed by atoms with van der Waals surface area (Å²) in [7, 11) is 0. The van der Waals surface area contributed by atoms with E-state index in [1.54, 1.807) is 12.1 Å². The van der Waals surface area contributed by atoms with Gasteiger partial charge in [-0.1, -0.05) is 22.0 Å². The third-order valence-corrected chi connectivity index (χ3v) is 8.65. The zero-order valence-corrected chi connectivity index (χ0v) is 18.9. The van der Waals surface area contributed by atoms with Gasteiger partial charge in [-0.25, -0.2) is 8.78 Å². The Labute approximate surface area is 189 Å². The molecule has 6 atom stereocenters. The van der Waals surface area contributed by atoms with Crippen molar-refractivity contribution >= 4 is 27.7 Å². The molecule has 4 unspecified atom stereocenters. The van der Waals surface area contributed by atoms with Gasteiger partial charge in [-0.3, -0.25) is 9.59 Å². The van der Waals surface area contributed by atoms with Crippen molar-refractivity contribution in [1.82, 2.24) is 16.0 Å². The van der Waals surface area contributed by atoms with Crippen molar-refractivity contribution in [3.05, 3.63) is 34.1 Å². The van der Waals surface area contributed by atoms with Crippen LogP contribution in [0.1, 0.15) is 37.7 Å². The molecule has 5 rings (SSSR count). The molecule has 2 amide bonds. The summed E-state index contributed by atoms with van der Waals surface area (Å²) in [6.45, 7) is 1.01. The quantitative estimate of drug-likeness (QED) is 0.587. The van der Waals surface area contributed by atoms with Gasteiger partial charge in [0.05, 0.1) is 17.9 Å². The zero-order valence-electron chi connectivity index (χ0n) is 17.3. The Bertz CT molecular complexity index is 894. The predicted octanol–water partition coefficient (Wildman–Crippen LogP) is 3.07. The third kappa shape index (κ3) is 3.69. The fraction of sp³-hybridized carbons (Fsp3) is 0.652. The van der Waals surface area contributed by atoms with Gasteiger partial charge in [0, 0.05) is 23.1 Å². The lowest BCUT2D eigenvalue weighted by Crippen LogP contribution is -2.54. The second-order valence-corrected chi connectivity index (χ2v) is 10.6. The van der Waals surface area contributed by atoms with Crippen molar-refractivity contribution in [2.24, 2.45) is 29.1 Å². The second kappa shape index (κ2) is 8.10. The van der Waals surface area contributed by atoms with Gasteiger partial charge in [-0.15, -0.1) is 0 Å². The van der Waals surface area contributed by atoms with Crippen molar-refractivity contribution in [3.8, 4) is 0 Å². The molecule has 1 saturated heterocycles. The summed E-state index contributed by atoms with van der Waals surface area (Å²) in [6.07, 6.45) is 3.49. The summed E-state index contributed by atoms with van der Waals surface area (Å²) in [6, 6.07) is 4.26. The molecule has 5 nitrogen and oxygen atoms in total. The van der Waals surface area contributed by atoms with E-state index in [2.05, 4.69) is 31.9 Å². The molecule has 1 heterocycles. The van der Waals surface area contributed by atoms with Crippen molar-refractivity contribution < 1.29 is 18.4 Å². The SMILES string of the molecule is O=C(NCc1ccc(Br)cc1F)C1C(C(=O)N[C@H]2CCNC[C@H]2F)C2CCC1C21CC1. The highest BCUT2D eigenvalue weighted by Crippen LogP contribution is 2.74. The van der Waals surface area contributed by atoms with E-state index in [1.165, 1.54) is 6.07 Å². The standard InChI is InChI=1S/C23H28BrF2N3O2/c24-13-2-1-12(16(25)9-13)10-28-21(30)19-14-3-4-15(23(14)6-7-23)20(19)22(31)29-18-5-8-27-11-17(18)26/h1-2,9,14-15,17-20,27H,3-8,10-11H2,(H,28,30)(H,29,31)/t14?,15?,17-,18+,19?,20?/m1/s1. The highest BCUT2D eigenvalue weighted by molar-refractivity contribution is 9.10. The third-order valence-electron chi connectivity index (χ3n) is 8.16. The molecule has 0 aromatic heterocycles. The van der Waals surface area contributed by atoms with Gasteiger partial charge in [-0.2, -0.15) is 0 Å². The van der Waals surface area contributed by atoms with E-state index in [9.17, 15) is 18.4 Å². The smallest absolute Gasteiger partial charge is 0.224 e. The Kier molecular flexibility index (Phi) is 5.57. The number of amides is 2. The summed E-state index contributed by atoms with van der Waals surface area (Å²) in [5, 5.41) is 8.83. The molecule has 0 radical (unpaired) electrons. The Hall–Kier alpha value is -1.54. The van der Waals surface area contributed by atoms with Crippen LogP contribution in [0.5, 0.6) is 0 Å². The van der Waals surface area contributed by atoms with Crippen LogP contribution in [0.15, 0.2) is 22.7 Å². The number of halogens is 3. The maximum Gasteiger partial charge on any atom is 0.224 e. The molecular formula is C23H28BrF2N3O2. The average Bonchev–Trinajstić information content (AvgIpc) is 3.41. The maximum absolute atomic E-state index is 14.3. The van der Waals surface area contributed by atoms with Crippen LogP contribution in [0.4, 0.5) is 8.78 Å². The van der Waals surface area contributed by atoms with Gasteiger partial charge >= 0.3 is 0 Å². The lowest BCUT2D eigenvalue weighted by molar-refractivity contribution is -0.138. The zero-order chi connectivity index (χ0) is 21.8. The summed E-state index contributed by atoms with van der Waals surface area (Å²) >= 11 is 3.24. The lowest BCUT2D eigenvalue weighted by atomic mass is 9.78. The molecule has 2 bridgehead atoms. The summed E-state index contributed by atoms with van der Waals surface area (Å²) in [5.74, 6) is -1.19. The van der Waals surface area contributed by atoms with E-state index in [1.807, 2.05) is 0 Å². The number of benzene rings is 1. The fourth-order valence-corrected chi connectivity index (χ4v) is 6.92. The van der Waals surface area contributed by atoms with Crippen LogP contribution in [0, 0.1) is 34.9 Å². The first-order chi connectivity index (χ1) is 14.9. The van der Waals surface area contributed by atoms with Gasteiger partial charge in [0.1, 0.15) is 12.0 Å². The molecule has 1 aromatic carbocycles. The van der Waals surface area contributed by atoms with Crippen LogP contribution in [-0.2, 0) is 16.1 Å². The average molecular weight is 496 g/mol. The molecule has 168 valence electrons. The van der Waals surface area contributed by atoms with Crippen LogP contribution in [-0.4, -0.2) is 37.1 Å².